The molecule has 2 aromatic carbocycles. The number of aromatic nitrogens is 1. The number of nitrogens with zero attached hydrogens (tertiary/aromatic N) is 3. The lowest BCUT2D eigenvalue weighted by molar-refractivity contribution is 0.290. The Morgan fingerprint density at radius 1 is 0.618 bits per heavy atom. The van der Waals surface area contributed by atoms with Crippen molar-refractivity contribution in [1.29, 1.82) is 0 Å². The van der Waals surface area contributed by atoms with E-state index in [9.17, 15) is 0 Å². The summed E-state index contributed by atoms with van der Waals surface area (Å²) in [6, 6.07) is 21.8. The molecule has 5 rings (SSSR count). The predicted octanol–water partition coefficient (Wildman–Crippen LogP) is 3.78. The normalized spacial score (nSPS) is 14.0. The lowest BCUT2D eigenvalue weighted by Crippen LogP contribution is -2.19. The van der Waals surface area contributed by atoms with Gasteiger partial charge in [0.05, 0.1) is 24.5 Å². The Morgan fingerprint density at radius 3 is 1.44 bits per heavy atom. The first kappa shape index (κ1) is 25.3. The fraction of sp³-hybridized carbons (Fsp3) is 0.240. The summed E-state index contributed by atoms with van der Waals surface area (Å²) in [5, 5.41) is 6.55. The maximum absolute atomic E-state index is 5.91. The molecule has 0 fully saturated rings. The van der Waals surface area contributed by atoms with Gasteiger partial charge in [-0.2, -0.15) is 0 Å². The quantitative estimate of drug-likeness (QED) is 0.492. The van der Waals surface area contributed by atoms with E-state index in [0.717, 1.165) is 71.9 Å². The van der Waals surface area contributed by atoms with Crippen LogP contribution < -0.4 is 20.1 Å². The average Bonchev–Trinajstić information content (AvgIpc) is 3.57. The first-order valence-electron chi connectivity index (χ1n) is 10.8. The van der Waals surface area contributed by atoms with Crippen molar-refractivity contribution in [2.45, 2.75) is 13.2 Å². The fourth-order valence-corrected chi connectivity index (χ4v) is 3.61. The maximum Gasteiger partial charge on any atom is 0.130 e. The molecule has 7 nitrogen and oxygen atoms in total. The van der Waals surface area contributed by atoms with Gasteiger partial charge < -0.3 is 20.1 Å². The minimum Gasteiger partial charge on any atom is -0.487 e. The van der Waals surface area contributed by atoms with Crippen molar-refractivity contribution in [3.05, 3.63) is 89.2 Å². The summed E-state index contributed by atoms with van der Waals surface area (Å²) in [6.45, 7) is 4.26. The highest BCUT2D eigenvalue weighted by molar-refractivity contribution is 6.00. The second kappa shape index (κ2) is 12.3. The molecule has 1 aromatic heterocycles. The zero-order valence-corrected chi connectivity index (χ0v) is 20.2. The summed E-state index contributed by atoms with van der Waals surface area (Å²) < 4.78 is 11.8. The molecule has 0 unspecified atom stereocenters. The second-order valence-electron chi connectivity index (χ2n) is 7.56. The molecule has 34 heavy (non-hydrogen) atoms. The molecule has 2 aliphatic rings. The standard InChI is InChI=1S/C25H25N5O2.2ClH/c1-2-20(16-31-22-8-4-18(5-9-22)24-26-12-13-27-24)30-21(3-1)17-32-23-10-6-19(7-11-23)25-28-14-15-29-25;;/h1-11H,12-17H2,(H,26,27)(H,28,29);2*1H. The largest absolute Gasteiger partial charge is 0.487 e. The van der Waals surface area contributed by atoms with Crippen LogP contribution in [0.15, 0.2) is 76.7 Å². The number of aliphatic imine (C=N–C) groups is 2. The summed E-state index contributed by atoms with van der Waals surface area (Å²) in [7, 11) is 0. The van der Waals surface area contributed by atoms with Crippen LogP contribution in [-0.2, 0) is 13.2 Å². The Balaban J connectivity index is 0.00000162. The first-order valence-corrected chi connectivity index (χ1v) is 10.8. The number of amidine groups is 2. The molecule has 0 saturated heterocycles. The van der Waals surface area contributed by atoms with Crippen molar-refractivity contribution in [2.75, 3.05) is 26.2 Å². The van der Waals surface area contributed by atoms with E-state index in [0.29, 0.717) is 13.2 Å². The molecule has 0 aliphatic carbocycles. The summed E-state index contributed by atoms with van der Waals surface area (Å²) >= 11 is 0. The summed E-state index contributed by atoms with van der Waals surface area (Å²) in [4.78, 5) is 13.5. The van der Waals surface area contributed by atoms with Crippen LogP contribution in [0.4, 0.5) is 0 Å². The van der Waals surface area contributed by atoms with Crippen molar-refractivity contribution in [2.24, 2.45) is 9.98 Å². The van der Waals surface area contributed by atoms with Crippen LogP contribution in [0, 0.1) is 0 Å². The van der Waals surface area contributed by atoms with Crippen molar-refractivity contribution >= 4 is 36.5 Å². The minimum absolute atomic E-state index is 0. The highest BCUT2D eigenvalue weighted by atomic mass is 35.5. The fourth-order valence-electron chi connectivity index (χ4n) is 3.61. The number of hydrogen-bond acceptors (Lipinski definition) is 7. The van der Waals surface area contributed by atoms with Crippen LogP contribution in [0.25, 0.3) is 0 Å². The summed E-state index contributed by atoms with van der Waals surface area (Å²) in [5.74, 6) is 3.50. The van der Waals surface area contributed by atoms with E-state index in [1.807, 2.05) is 66.7 Å². The molecule has 9 heteroatoms. The van der Waals surface area contributed by atoms with Gasteiger partial charge in [-0.25, -0.2) is 0 Å². The van der Waals surface area contributed by atoms with Crippen LogP contribution in [0.5, 0.6) is 11.5 Å². The third-order valence-corrected chi connectivity index (χ3v) is 5.24. The molecule has 3 aromatic rings. The number of nitrogens with one attached hydrogen (secondary N) is 2. The zero-order chi connectivity index (χ0) is 21.6. The molecular formula is C25H27Cl2N5O2. The average molecular weight is 500 g/mol. The molecule has 2 N–H and O–H groups in total. The van der Waals surface area contributed by atoms with Gasteiger partial charge in [-0.05, 0) is 60.7 Å². The van der Waals surface area contributed by atoms with Crippen molar-refractivity contribution in [3.8, 4) is 11.5 Å². The Bertz CT molecular complexity index is 1050. The maximum atomic E-state index is 5.91. The molecule has 0 atom stereocenters. The molecule has 2 aliphatic heterocycles. The van der Waals surface area contributed by atoms with Crippen LogP contribution in [0.2, 0.25) is 0 Å². The van der Waals surface area contributed by atoms with Gasteiger partial charge in [0.25, 0.3) is 0 Å². The summed E-state index contributed by atoms with van der Waals surface area (Å²) in [6.07, 6.45) is 0. The van der Waals surface area contributed by atoms with E-state index in [-0.39, 0.29) is 24.8 Å². The van der Waals surface area contributed by atoms with Crippen molar-refractivity contribution < 1.29 is 9.47 Å². The molecule has 178 valence electrons. The SMILES string of the molecule is Cl.Cl.c1cc(COc2ccc(C3=NCCN3)cc2)nc(COc2ccc(C3=NCCN3)cc2)c1. The lowest BCUT2D eigenvalue weighted by Gasteiger charge is -2.10. The van der Waals surface area contributed by atoms with Crippen molar-refractivity contribution in [1.82, 2.24) is 15.6 Å². The first-order chi connectivity index (χ1) is 15.8. The lowest BCUT2D eigenvalue weighted by atomic mass is 10.2. The number of ether oxygens (including phenoxy) is 2. The van der Waals surface area contributed by atoms with Gasteiger partial charge >= 0.3 is 0 Å². The molecule has 0 spiro atoms. The zero-order valence-electron chi connectivity index (χ0n) is 18.6. The van der Waals surface area contributed by atoms with Crippen LogP contribution >= 0.6 is 24.8 Å². The molecule has 0 saturated carbocycles. The van der Waals surface area contributed by atoms with Gasteiger partial charge in [-0.15, -0.1) is 24.8 Å². The van der Waals surface area contributed by atoms with E-state index in [1.54, 1.807) is 0 Å². The Labute approximate surface area is 211 Å². The summed E-state index contributed by atoms with van der Waals surface area (Å²) in [5.41, 5.74) is 3.87. The highest BCUT2D eigenvalue weighted by Gasteiger charge is 2.09. The number of hydrogen-bond donors (Lipinski definition) is 2. The molecule has 3 heterocycles. The smallest absolute Gasteiger partial charge is 0.130 e. The Hall–Kier alpha value is -3.29. The van der Waals surface area contributed by atoms with Gasteiger partial charge in [0.2, 0.25) is 0 Å². The van der Waals surface area contributed by atoms with Gasteiger partial charge in [0.1, 0.15) is 36.4 Å². The molecular weight excluding hydrogens is 473 g/mol. The van der Waals surface area contributed by atoms with E-state index in [2.05, 4.69) is 25.6 Å². The van der Waals surface area contributed by atoms with E-state index in [1.165, 1.54) is 0 Å². The third-order valence-electron chi connectivity index (χ3n) is 5.24. The Kier molecular flexibility index (Phi) is 9.13. The number of rotatable bonds is 8. The van der Waals surface area contributed by atoms with Gasteiger partial charge in [0.15, 0.2) is 0 Å². The van der Waals surface area contributed by atoms with E-state index in [4.69, 9.17) is 9.47 Å². The van der Waals surface area contributed by atoms with Crippen LogP contribution in [-0.4, -0.2) is 42.8 Å². The monoisotopic (exact) mass is 499 g/mol. The van der Waals surface area contributed by atoms with Gasteiger partial charge in [-0.3, -0.25) is 15.0 Å². The molecule has 0 bridgehead atoms. The topological polar surface area (TPSA) is 80.1 Å². The van der Waals surface area contributed by atoms with E-state index >= 15 is 0 Å². The highest BCUT2D eigenvalue weighted by Crippen LogP contribution is 2.17. The predicted molar refractivity (Wildman–Crippen MR) is 139 cm³/mol. The third kappa shape index (κ3) is 6.40. The number of halogens is 2. The Morgan fingerprint density at radius 2 is 1.06 bits per heavy atom. The van der Waals surface area contributed by atoms with Gasteiger partial charge in [-0.1, -0.05) is 6.07 Å². The van der Waals surface area contributed by atoms with Crippen molar-refractivity contribution in [3.63, 3.8) is 0 Å². The second-order valence-corrected chi connectivity index (χ2v) is 7.56. The number of benzene rings is 2. The molecule has 0 radical (unpaired) electrons. The van der Waals surface area contributed by atoms with Crippen LogP contribution in [0.1, 0.15) is 22.5 Å². The van der Waals surface area contributed by atoms with Gasteiger partial charge in [0, 0.05) is 24.2 Å². The minimum atomic E-state index is 0. The number of pyridine rings is 1. The van der Waals surface area contributed by atoms with E-state index < -0.39 is 0 Å². The van der Waals surface area contributed by atoms with Crippen LogP contribution in [0.3, 0.4) is 0 Å². The molecule has 0 amide bonds.